The lowest BCUT2D eigenvalue weighted by Gasteiger charge is -2.01. The highest BCUT2D eigenvalue weighted by molar-refractivity contribution is 8.16. The van der Waals surface area contributed by atoms with Crippen molar-refractivity contribution in [3.63, 3.8) is 0 Å². The number of thioether (sulfide) groups is 1. The standard InChI is InChI=1S/C12H8N4S/c1-2-4-8-7(3-1)5-9(15-8)11-16-10-12(17-11)14-6-13-10/h1-6,11,15H. The summed E-state index contributed by atoms with van der Waals surface area (Å²) in [6.07, 6.45) is 1.56. The lowest BCUT2D eigenvalue weighted by molar-refractivity contribution is 0.999. The van der Waals surface area contributed by atoms with Gasteiger partial charge in [0.2, 0.25) is 0 Å². The van der Waals surface area contributed by atoms with E-state index in [1.165, 1.54) is 5.39 Å². The van der Waals surface area contributed by atoms with Crippen molar-refractivity contribution in [2.24, 2.45) is 15.0 Å². The van der Waals surface area contributed by atoms with E-state index >= 15 is 0 Å². The molecule has 3 heterocycles. The van der Waals surface area contributed by atoms with Gasteiger partial charge in [0.05, 0.1) is 5.69 Å². The molecule has 0 fully saturated rings. The fourth-order valence-corrected chi connectivity index (χ4v) is 2.96. The molecule has 1 aromatic carbocycles. The lowest BCUT2D eigenvalue weighted by atomic mass is 10.2. The van der Waals surface area contributed by atoms with Crippen LogP contribution < -0.4 is 0 Å². The van der Waals surface area contributed by atoms with Gasteiger partial charge < -0.3 is 4.98 Å². The first-order valence-electron chi connectivity index (χ1n) is 5.33. The van der Waals surface area contributed by atoms with Gasteiger partial charge in [-0.1, -0.05) is 30.0 Å². The summed E-state index contributed by atoms with van der Waals surface area (Å²) in [6, 6.07) is 10.4. The number of hydrogen-bond donors (Lipinski definition) is 1. The van der Waals surface area contributed by atoms with Crippen LogP contribution in [0, 0.1) is 0 Å². The second-order valence-corrected chi connectivity index (χ2v) is 4.98. The first-order valence-corrected chi connectivity index (χ1v) is 6.21. The molecule has 0 amide bonds. The zero-order valence-corrected chi connectivity index (χ0v) is 9.61. The Morgan fingerprint density at radius 1 is 1.24 bits per heavy atom. The van der Waals surface area contributed by atoms with Crippen molar-refractivity contribution in [2.45, 2.75) is 5.37 Å². The van der Waals surface area contributed by atoms with E-state index in [4.69, 9.17) is 0 Å². The number of aliphatic imine (C=N–C) groups is 3. The van der Waals surface area contributed by atoms with Crippen LogP contribution in [0.5, 0.6) is 0 Å². The van der Waals surface area contributed by atoms with Crippen LogP contribution in [0.2, 0.25) is 0 Å². The van der Waals surface area contributed by atoms with Gasteiger partial charge in [-0.25, -0.2) is 15.0 Å². The van der Waals surface area contributed by atoms with Crippen molar-refractivity contribution in [1.29, 1.82) is 0 Å². The van der Waals surface area contributed by atoms with Gasteiger partial charge in [0.1, 0.15) is 16.8 Å². The maximum absolute atomic E-state index is 4.54. The third-order valence-corrected chi connectivity index (χ3v) is 3.92. The van der Waals surface area contributed by atoms with Gasteiger partial charge in [0.15, 0.2) is 5.84 Å². The summed E-state index contributed by atoms with van der Waals surface area (Å²) < 4.78 is 0. The summed E-state index contributed by atoms with van der Waals surface area (Å²) in [5.41, 5.74) is 2.25. The van der Waals surface area contributed by atoms with E-state index in [0.29, 0.717) is 0 Å². The topological polar surface area (TPSA) is 52.9 Å². The number of benzene rings is 1. The molecule has 0 saturated carbocycles. The largest absolute Gasteiger partial charge is 0.356 e. The number of hydrogen-bond acceptors (Lipinski definition) is 4. The summed E-state index contributed by atoms with van der Waals surface area (Å²) in [6.45, 7) is 0. The minimum atomic E-state index is 0.0635. The van der Waals surface area contributed by atoms with Crippen LogP contribution >= 0.6 is 11.8 Å². The average molecular weight is 240 g/mol. The summed E-state index contributed by atoms with van der Waals surface area (Å²) >= 11 is 1.64. The third kappa shape index (κ3) is 1.36. The lowest BCUT2D eigenvalue weighted by Crippen LogP contribution is -1.94. The Kier molecular flexibility index (Phi) is 1.78. The van der Waals surface area contributed by atoms with Crippen LogP contribution in [0.3, 0.4) is 0 Å². The summed E-state index contributed by atoms with van der Waals surface area (Å²) in [5.74, 6) is 0.763. The molecule has 5 heteroatoms. The number of amidine groups is 1. The predicted molar refractivity (Wildman–Crippen MR) is 72.0 cm³/mol. The molecule has 0 bridgehead atoms. The zero-order chi connectivity index (χ0) is 11.2. The molecule has 2 aliphatic heterocycles. The molecule has 82 valence electrons. The number of nitrogens with one attached hydrogen (secondary N) is 1. The smallest absolute Gasteiger partial charge is 0.183 e. The minimum absolute atomic E-state index is 0.0635. The van der Waals surface area contributed by atoms with E-state index in [1.807, 2.05) is 12.1 Å². The highest BCUT2D eigenvalue weighted by atomic mass is 32.2. The fraction of sp³-hybridized carbons (Fsp3) is 0.0833. The number of para-hydroxylation sites is 1. The number of fused-ring (bicyclic) bond motifs is 2. The number of aromatic amines is 1. The normalized spacial score (nSPS) is 21.8. The molecule has 1 unspecified atom stereocenters. The van der Waals surface area contributed by atoms with Crippen molar-refractivity contribution in [3.8, 4) is 0 Å². The van der Waals surface area contributed by atoms with Crippen molar-refractivity contribution in [1.82, 2.24) is 4.98 Å². The molecule has 1 aromatic heterocycles. The van der Waals surface area contributed by atoms with Crippen molar-refractivity contribution in [2.75, 3.05) is 0 Å². The Morgan fingerprint density at radius 3 is 3.06 bits per heavy atom. The molecule has 4 nitrogen and oxygen atoms in total. The Labute approximate surface area is 102 Å². The minimum Gasteiger partial charge on any atom is -0.356 e. The quantitative estimate of drug-likeness (QED) is 0.818. The van der Waals surface area contributed by atoms with Crippen LogP contribution in [-0.2, 0) is 0 Å². The van der Waals surface area contributed by atoms with Crippen LogP contribution in [0.1, 0.15) is 11.1 Å². The molecule has 2 aliphatic rings. The molecule has 0 saturated heterocycles. The monoisotopic (exact) mass is 240 g/mol. The Bertz CT molecular complexity index is 662. The van der Waals surface area contributed by atoms with E-state index in [1.54, 1.807) is 18.1 Å². The number of nitrogens with zero attached hydrogens (tertiary/aromatic N) is 3. The number of H-pyrrole nitrogens is 1. The van der Waals surface area contributed by atoms with E-state index < -0.39 is 0 Å². The SMILES string of the molecule is C1=NC2=NC(c3cc4ccccc4[nH]3)SC2=N1. The first kappa shape index (κ1) is 9.18. The Hall–Kier alpha value is -1.88. The molecule has 17 heavy (non-hydrogen) atoms. The van der Waals surface area contributed by atoms with Gasteiger partial charge in [-0.2, -0.15) is 0 Å². The van der Waals surface area contributed by atoms with E-state index in [0.717, 1.165) is 22.1 Å². The Morgan fingerprint density at radius 2 is 2.18 bits per heavy atom. The maximum atomic E-state index is 4.54. The molecule has 1 N–H and O–H groups in total. The molecule has 1 atom stereocenters. The van der Waals surface area contributed by atoms with Gasteiger partial charge in [0, 0.05) is 5.52 Å². The van der Waals surface area contributed by atoms with Gasteiger partial charge in [-0.15, -0.1) is 0 Å². The summed E-state index contributed by atoms with van der Waals surface area (Å²) in [7, 11) is 0. The van der Waals surface area contributed by atoms with Crippen LogP contribution in [0.25, 0.3) is 10.9 Å². The average Bonchev–Trinajstić information content (AvgIpc) is 3.01. The molecule has 2 aromatic rings. The number of aromatic nitrogens is 1. The van der Waals surface area contributed by atoms with Gasteiger partial charge in [0.25, 0.3) is 0 Å². The molecular weight excluding hydrogens is 232 g/mol. The summed E-state index contributed by atoms with van der Waals surface area (Å²) in [4.78, 5) is 16.2. The molecule has 0 aliphatic carbocycles. The van der Waals surface area contributed by atoms with E-state index in [9.17, 15) is 0 Å². The predicted octanol–water partition coefficient (Wildman–Crippen LogP) is 2.75. The summed E-state index contributed by atoms with van der Waals surface area (Å²) in [5, 5.41) is 2.20. The Balaban J connectivity index is 1.79. The highest BCUT2D eigenvalue weighted by Crippen LogP contribution is 2.38. The van der Waals surface area contributed by atoms with E-state index in [-0.39, 0.29) is 5.37 Å². The second-order valence-electron chi connectivity index (χ2n) is 3.91. The van der Waals surface area contributed by atoms with Crippen LogP contribution in [0.4, 0.5) is 0 Å². The van der Waals surface area contributed by atoms with Gasteiger partial charge >= 0.3 is 0 Å². The van der Waals surface area contributed by atoms with E-state index in [2.05, 4.69) is 38.2 Å². The number of rotatable bonds is 1. The highest BCUT2D eigenvalue weighted by Gasteiger charge is 2.28. The molecule has 4 rings (SSSR count). The maximum Gasteiger partial charge on any atom is 0.183 e. The van der Waals surface area contributed by atoms with Gasteiger partial charge in [-0.05, 0) is 17.5 Å². The molecule has 0 radical (unpaired) electrons. The fourth-order valence-electron chi connectivity index (χ4n) is 2.03. The molecular formula is C12H8N4S. The van der Waals surface area contributed by atoms with Crippen molar-refractivity contribution < 1.29 is 0 Å². The van der Waals surface area contributed by atoms with Crippen molar-refractivity contribution in [3.05, 3.63) is 36.0 Å². The first-order chi connectivity index (χ1) is 8.40. The van der Waals surface area contributed by atoms with Crippen LogP contribution in [-0.4, -0.2) is 22.2 Å². The second kappa shape index (κ2) is 3.30. The van der Waals surface area contributed by atoms with Gasteiger partial charge in [-0.3, -0.25) is 0 Å². The van der Waals surface area contributed by atoms with Crippen molar-refractivity contribution >= 4 is 39.9 Å². The third-order valence-electron chi connectivity index (χ3n) is 2.83. The zero-order valence-electron chi connectivity index (χ0n) is 8.79. The van der Waals surface area contributed by atoms with Crippen LogP contribution in [0.15, 0.2) is 45.3 Å². The molecule has 0 spiro atoms.